The molecule has 1 aromatic carbocycles. The largest absolute Gasteiger partial charge is 0.612 e. The summed E-state index contributed by atoms with van der Waals surface area (Å²) in [6, 6.07) is 14.2. The molecule has 3 amide bonds. The van der Waals surface area contributed by atoms with Gasteiger partial charge in [-0.25, -0.2) is 9.78 Å². The molecule has 2 aromatic rings. The van der Waals surface area contributed by atoms with Gasteiger partial charge in [-0.2, -0.15) is 0 Å². The average Bonchev–Trinajstić information content (AvgIpc) is 3.16. The van der Waals surface area contributed by atoms with E-state index in [1.165, 1.54) is 31.0 Å². The van der Waals surface area contributed by atoms with Crippen LogP contribution in [0.15, 0.2) is 53.6 Å². The van der Waals surface area contributed by atoms with E-state index in [1.54, 1.807) is 18.4 Å². The average molecular weight is 552 g/mol. The zero-order valence-electron chi connectivity index (χ0n) is 23.4. The first-order valence-corrected chi connectivity index (χ1v) is 15.7. The van der Waals surface area contributed by atoms with E-state index < -0.39 is 11.2 Å². The number of carbonyl (C=O) groups is 2. The molecule has 1 atom stereocenters. The van der Waals surface area contributed by atoms with Crippen molar-refractivity contribution in [3.8, 4) is 0 Å². The van der Waals surface area contributed by atoms with Crippen LogP contribution in [-0.2, 0) is 21.5 Å². The Morgan fingerprint density at radius 2 is 1.85 bits per heavy atom. The summed E-state index contributed by atoms with van der Waals surface area (Å²) in [6.07, 6.45) is 10.9. The van der Waals surface area contributed by atoms with E-state index in [1.807, 2.05) is 4.90 Å². The van der Waals surface area contributed by atoms with Gasteiger partial charge in [-0.3, -0.25) is 9.69 Å². The minimum atomic E-state index is -1.11. The topological polar surface area (TPSA) is 91.8 Å². The molecule has 1 spiro atoms. The fraction of sp³-hybridized carbons (Fsp3) is 0.567. The number of nitrogens with zero attached hydrogens (tertiary/aromatic N) is 4. The molecule has 210 valence electrons. The minimum Gasteiger partial charge on any atom is -0.612 e. The molecule has 1 N–H and O–H groups in total. The predicted octanol–water partition coefficient (Wildman–Crippen LogP) is 4.46. The Hall–Kier alpha value is -2.62. The molecule has 9 heteroatoms. The molecule has 1 aromatic heterocycles. The number of carbonyl (C=O) groups excluding carboxylic acids is 2. The van der Waals surface area contributed by atoms with Crippen LogP contribution in [-0.4, -0.2) is 81.7 Å². The fourth-order valence-electron chi connectivity index (χ4n) is 6.63. The van der Waals surface area contributed by atoms with E-state index in [0.29, 0.717) is 29.7 Å². The van der Waals surface area contributed by atoms with Gasteiger partial charge in [-0.1, -0.05) is 36.8 Å². The first kappa shape index (κ1) is 27.9. The summed E-state index contributed by atoms with van der Waals surface area (Å²) >= 11 is -1.11. The highest BCUT2D eigenvalue weighted by atomic mass is 32.2. The van der Waals surface area contributed by atoms with Gasteiger partial charge in [0.1, 0.15) is 12.1 Å². The minimum absolute atomic E-state index is 0.0298. The molecule has 1 saturated heterocycles. The van der Waals surface area contributed by atoms with Gasteiger partial charge in [0.2, 0.25) is 5.91 Å². The van der Waals surface area contributed by atoms with Crippen molar-refractivity contribution in [3.63, 3.8) is 0 Å². The summed E-state index contributed by atoms with van der Waals surface area (Å²) in [6.45, 7) is 1.90. The lowest BCUT2D eigenvalue weighted by molar-refractivity contribution is -0.116. The van der Waals surface area contributed by atoms with E-state index in [4.69, 9.17) is 0 Å². The third-order valence-corrected chi connectivity index (χ3v) is 10.2. The number of nitrogens with one attached hydrogen (secondary N) is 1. The maximum absolute atomic E-state index is 13.8. The second-order valence-electron chi connectivity index (χ2n) is 11.8. The zero-order valence-corrected chi connectivity index (χ0v) is 24.2. The smallest absolute Gasteiger partial charge is 0.320 e. The highest BCUT2D eigenvalue weighted by Gasteiger charge is 2.54. The van der Waals surface area contributed by atoms with Crippen molar-refractivity contribution in [2.45, 2.75) is 67.3 Å². The third kappa shape index (κ3) is 5.67. The van der Waals surface area contributed by atoms with Crippen LogP contribution in [0.2, 0.25) is 0 Å². The van der Waals surface area contributed by atoms with Crippen LogP contribution >= 0.6 is 0 Å². The van der Waals surface area contributed by atoms with Crippen LogP contribution in [0.5, 0.6) is 0 Å². The molecule has 1 unspecified atom stereocenters. The monoisotopic (exact) mass is 551 g/mol. The predicted molar refractivity (Wildman–Crippen MR) is 154 cm³/mol. The molecule has 0 bridgehead atoms. The molecule has 3 aliphatic rings. The van der Waals surface area contributed by atoms with Crippen molar-refractivity contribution in [1.29, 1.82) is 0 Å². The Labute approximate surface area is 235 Å². The van der Waals surface area contributed by atoms with Crippen molar-refractivity contribution < 1.29 is 14.1 Å². The normalized spacial score (nSPS) is 26.2. The summed E-state index contributed by atoms with van der Waals surface area (Å²) in [5.41, 5.74) is 1.14. The molecule has 1 aliphatic heterocycles. The van der Waals surface area contributed by atoms with Gasteiger partial charge in [-0.15, -0.1) is 0 Å². The maximum atomic E-state index is 13.8. The Morgan fingerprint density at radius 1 is 1.13 bits per heavy atom. The van der Waals surface area contributed by atoms with E-state index >= 15 is 0 Å². The van der Waals surface area contributed by atoms with Gasteiger partial charge in [-0.05, 0) is 87.4 Å². The van der Waals surface area contributed by atoms with Crippen molar-refractivity contribution in [2.24, 2.45) is 5.92 Å². The van der Waals surface area contributed by atoms with Crippen molar-refractivity contribution in [3.05, 3.63) is 54.2 Å². The highest BCUT2D eigenvalue weighted by molar-refractivity contribution is 7.90. The Bertz CT molecular complexity index is 1140. The van der Waals surface area contributed by atoms with Crippen molar-refractivity contribution >= 4 is 28.9 Å². The third-order valence-electron chi connectivity index (χ3n) is 9.34. The zero-order chi connectivity index (χ0) is 27.6. The Kier molecular flexibility index (Phi) is 8.21. The summed E-state index contributed by atoms with van der Waals surface area (Å²) in [7, 11) is 4.35. The van der Waals surface area contributed by atoms with Crippen molar-refractivity contribution in [1.82, 2.24) is 19.7 Å². The number of hydrogen-bond acceptors (Lipinski definition) is 5. The first-order chi connectivity index (χ1) is 18.7. The Morgan fingerprint density at radius 3 is 2.41 bits per heavy atom. The number of aromatic nitrogens is 1. The van der Waals surface area contributed by atoms with Gasteiger partial charge in [0, 0.05) is 31.6 Å². The van der Waals surface area contributed by atoms with E-state index in [2.05, 4.69) is 64.5 Å². The lowest BCUT2D eigenvalue weighted by Crippen LogP contribution is -2.56. The second-order valence-corrected chi connectivity index (χ2v) is 13.1. The van der Waals surface area contributed by atoms with Gasteiger partial charge < -0.3 is 19.7 Å². The van der Waals surface area contributed by atoms with E-state index in [0.717, 1.165) is 32.2 Å². The van der Waals surface area contributed by atoms with Crippen LogP contribution in [0.3, 0.4) is 0 Å². The quantitative estimate of drug-likeness (QED) is 0.465. The second kappa shape index (κ2) is 11.5. The molecule has 39 heavy (non-hydrogen) atoms. The van der Waals surface area contributed by atoms with Crippen LogP contribution in [0.25, 0.3) is 0 Å². The first-order valence-electron chi connectivity index (χ1n) is 14.1. The number of hydrogen-bond donors (Lipinski definition) is 1. The highest BCUT2D eigenvalue weighted by Crippen LogP contribution is 2.49. The summed E-state index contributed by atoms with van der Waals surface area (Å²) in [5.74, 6) is 0.847. The lowest BCUT2D eigenvalue weighted by atomic mass is 9.68. The number of amides is 3. The maximum Gasteiger partial charge on any atom is 0.320 e. The molecular weight excluding hydrogens is 510 g/mol. The Balaban J connectivity index is 1.26. The summed E-state index contributed by atoms with van der Waals surface area (Å²) in [4.78, 5) is 37.8. The lowest BCUT2D eigenvalue weighted by Gasteiger charge is -2.51. The van der Waals surface area contributed by atoms with Gasteiger partial charge in [0.15, 0.2) is 4.90 Å². The summed E-state index contributed by atoms with van der Waals surface area (Å²) in [5, 5.41) is 2.81. The molecule has 2 saturated carbocycles. The molecule has 2 aliphatic carbocycles. The number of urea groups is 1. The van der Waals surface area contributed by atoms with E-state index in [9.17, 15) is 14.1 Å². The number of benzene rings is 1. The van der Waals surface area contributed by atoms with Gasteiger partial charge in [0.05, 0.1) is 11.7 Å². The van der Waals surface area contributed by atoms with Crippen LogP contribution in [0.1, 0.15) is 56.9 Å². The fourth-order valence-corrected chi connectivity index (χ4v) is 7.09. The molecule has 2 heterocycles. The molecular formula is C30H41N5O3S. The van der Waals surface area contributed by atoms with Gasteiger partial charge >= 0.3 is 6.03 Å². The van der Waals surface area contributed by atoms with E-state index in [-0.39, 0.29) is 29.4 Å². The summed E-state index contributed by atoms with van der Waals surface area (Å²) < 4.78 is 11.6. The number of pyridine rings is 1. The SMILES string of the molecule is CN(C)[C@]1(c2ccccc2)CC[C@]2(CC1)CN(CCC(=O)Nc1ccc([S+](C)[O-])cn1)C(=O)N2CC1CCC1. The van der Waals surface area contributed by atoms with Crippen LogP contribution in [0, 0.1) is 5.92 Å². The molecule has 8 nitrogen and oxygen atoms in total. The standard InChI is InChI=1S/C30H41N5O3S/c1-33(2)30(24-10-5-4-6-11-24)17-15-29(16-18-30)22-34(28(37)35(29)21-23-8-7-9-23)19-14-27(36)32-26-13-12-25(20-31-26)39(3)38/h4-6,10-13,20,23H,7-9,14-19,21-22H2,1-3H3,(H,31,32,36)/t29-,30+,39?. The van der Waals surface area contributed by atoms with Crippen molar-refractivity contribution in [2.75, 3.05) is 45.3 Å². The molecule has 5 rings (SSSR count). The van der Waals surface area contributed by atoms with Crippen LogP contribution < -0.4 is 5.32 Å². The molecule has 3 fully saturated rings. The number of anilines is 1. The van der Waals surface area contributed by atoms with Crippen LogP contribution in [0.4, 0.5) is 10.6 Å². The number of rotatable bonds is 9. The van der Waals surface area contributed by atoms with Gasteiger partial charge in [0.25, 0.3) is 0 Å². The molecule has 0 radical (unpaired) electrons.